The minimum atomic E-state index is -0.781. The van der Waals surface area contributed by atoms with Gasteiger partial charge in [-0.1, -0.05) is 45.4 Å². The molecule has 0 aromatic rings. The Morgan fingerprint density at radius 1 is 1.12 bits per heavy atom. The summed E-state index contributed by atoms with van der Waals surface area (Å²) in [6, 6.07) is 0.281. The average Bonchev–Trinajstić information content (AvgIpc) is 2.61. The van der Waals surface area contributed by atoms with Crippen molar-refractivity contribution in [3.8, 4) is 0 Å². The molecule has 0 aromatic carbocycles. The third-order valence-electron chi connectivity index (χ3n) is 6.11. The van der Waals surface area contributed by atoms with Gasteiger partial charge in [-0.25, -0.2) is 0 Å². The number of amides is 1. The highest BCUT2D eigenvalue weighted by atomic mass is 16.4. The molecule has 25 heavy (non-hydrogen) atoms. The first kappa shape index (κ1) is 20.2. The molecule has 1 heterocycles. The van der Waals surface area contributed by atoms with Gasteiger partial charge in [0, 0.05) is 25.0 Å². The SMILES string of the molecule is CCCC(CC1CCCCC1)C(=O)N1CCC(N(C)CC(=O)O)CC1. The number of piperidine rings is 1. The fourth-order valence-electron chi connectivity index (χ4n) is 4.64. The normalized spacial score (nSPS) is 21.5. The lowest BCUT2D eigenvalue weighted by Gasteiger charge is -2.38. The summed E-state index contributed by atoms with van der Waals surface area (Å²) in [6.45, 7) is 3.81. The lowest BCUT2D eigenvalue weighted by atomic mass is 9.81. The van der Waals surface area contributed by atoms with Crippen molar-refractivity contribution in [2.45, 2.75) is 77.2 Å². The number of carbonyl (C=O) groups excluding carboxylic acids is 1. The Labute approximate surface area is 152 Å². The van der Waals surface area contributed by atoms with Gasteiger partial charge in [-0.3, -0.25) is 14.5 Å². The van der Waals surface area contributed by atoms with Gasteiger partial charge < -0.3 is 10.0 Å². The number of nitrogens with zero attached hydrogens (tertiary/aromatic N) is 2. The third-order valence-corrected chi connectivity index (χ3v) is 6.11. The number of aliphatic carboxylic acids is 1. The predicted molar refractivity (Wildman–Crippen MR) is 99.5 cm³/mol. The van der Waals surface area contributed by atoms with Crippen LogP contribution in [-0.4, -0.2) is 59.5 Å². The maximum atomic E-state index is 13.0. The van der Waals surface area contributed by atoms with E-state index < -0.39 is 5.97 Å². The number of hydrogen-bond acceptors (Lipinski definition) is 3. The summed E-state index contributed by atoms with van der Waals surface area (Å²) in [7, 11) is 1.87. The zero-order valence-corrected chi connectivity index (χ0v) is 16.1. The molecule has 1 aliphatic carbocycles. The van der Waals surface area contributed by atoms with Crippen molar-refractivity contribution in [1.29, 1.82) is 0 Å². The Kier molecular flexibility index (Phi) is 8.20. The van der Waals surface area contributed by atoms with Crippen LogP contribution in [0.25, 0.3) is 0 Å². The molecule has 2 aliphatic rings. The van der Waals surface area contributed by atoms with E-state index >= 15 is 0 Å². The molecule has 0 spiro atoms. The molecular formula is C20H36N2O3. The van der Waals surface area contributed by atoms with E-state index in [1.54, 1.807) is 0 Å². The molecule has 5 nitrogen and oxygen atoms in total. The van der Waals surface area contributed by atoms with Crippen molar-refractivity contribution in [1.82, 2.24) is 9.80 Å². The number of carboxylic acids is 1. The molecule has 2 fully saturated rings. The molecule has 1 N–H and O–H groups in total. The molecule has 0 bridgehead atoms. The fourth-order valence-corrected chi connectivity index (χ4v) is 4.64. The number of rotatable bonds is 8. The van der Waals surface area contributed by atoms with Crippen molar-refractivity contribution < 1.29 is 14.7 Å². The minimum Gasteiger partial charge on any atom is -0.480 e. The second-order valence-corrected chi connectivity index (χ2v) is 8.09. The maximum absolute atomic E-state index is 13.0. The van der Waals surface area contributed by atoms with Crippen LogP contribution < -0.4 is 0 Å². The predicted octanol–water partition coefficient (Wildman–Crippen LogP) is 3.38. The molecule has 1 amide bonds. The van der Waals surface area contributed by atoms with Crippen LogP contribution >= 0.6 is 0 Å². The van der Waals surface area contributed by atoms with Gasteiger partial charge in [0.15, 0.2) is 0 Å². The number of likely N-dealkylation sites (tertiary alicyclic amines) is 1. The van der Waals surface area contributed by atoms with Gasteiger partial charge in [-0.05, 0) is 38.6 Å². The highest BCUT2D eigenvalue weighted by Gasteiger charge is 2.31. The highest BCUT2D eigenvalue weighted by molar-refractivity contribution is 5.79. The van der Waals surface area contributed by atoms with Gasteiger partial charge in [0.05, 0.1) is 6.54 Å². The Balaban J connectivity index is 1.84. The minimum absolute atomic E-state index is 0.0821. The Bertz CT molecular complexity index is 427. The smallest absolute Gasteiger partial charge is 0.317 e. The summed E-state index contributed by atoms with van der Waals surface area (Å²) in [5.41, 5.74) is 0. The van der Waals surface area contributed by atoms with Crippen molar-refractivity contribution in [3.05, 3.63) is 0 Å². The van der Waals surface area contributed by atoms with Gasteiger partial charge in [0.25, 0.3) is 0 Å². The fraction of sp³-hybridized carbons (Fsp3) is 0.900. The number of carbonyl (C=O) groups is 2. The molecule has 1 saturated carbocycles. The van der Waals surface area contributed by atoms with Gasteiger partial charge in [-0.15, -0.1) is 0 Å². The topological polar surface area (TPSA) is 60.9 Å². The quantitative estimate of drug-likeness (QED) is 0.727. The van der Waals surface area contributed by atoms with E-state index in [1.165, 1.54) is 32.1 Å². The Hall–Kier alpha value is -1.10. The second kappa shape index (κ2) is 10.1. The van der Waals surface area contributed by atoms with E-state index in [0.29, 0.717) is 5.91 Å². The van der Waals surface area contributed by atoms with Crippen molar-refractivity contribution >= 4 is 11.9 Å². The molecule has 2 rings (SSSR count). The van der Waals surface area contributed by atoms with Crippen molar-refractivity contribution in [3.63, 3.8) is 0 Å². The maximum Gasteiger partial charge on any atom is 0.317 e. The Morgan fingerprint density at radius 2 is 1.76 bits per heavy atom. The van der Waals surface area contributed by atoms with Crippen molar-refractivity contribution in [2.75, 3.05) is 26.7 Å². The van der Waals surface area contributed by atoms with Crippen LogP contribution in [0.4, 0.5) is 0 Å². The van der Waals surface area contributed by atoms with E-state index in [0.717, 1.165) is 51.1 Å². The van der Waals surface area contributed by atoms with E-state index in [1.807, 2.05) is 16.8 Å². The average molecular weight is 353 g/mol. The zero-order chi connectivity index (χ0) is 18.2. The van der Waals surface area contributed by atoms with E-state index in [-0.39, 0.29) is 18.5 Å². The van der Waals surface area contributed by atoms with Gasteiger partial charge in [0.1, 0.15) is 0 Å². The van der Waals surface area contributed by atoms with Crippen LogP contribution in [-0.2, 0) is 9.59 Å². The summed E-state index contributed by atoms with van der Waals surface area (Å²) in [4.78, 5) is 27.9. The summed E-state index contributed by atoms with van der Waals surface area (Å²) >= 11 is 0. The number of carboxylic acid groups (broad SMARTS) is 1. The molecule has 1 saturated heterocycles. The summed E-state index contributed by atoms with van der Waals surface area (Å²) in [5.74, 6) is 0.512. The van der Waals surface area contributed by atoms with E-state index in [9.17, 15) is 9.59 Å². The van der Waals surface area contributed by atoms with Gasteiger partial charge >= 0.3 is 5.97 Å². The van der Waals surface area contributed by atoms with Crippen LogP contribution in [0.2, 0.25) is 0 Å². The molecule has 5 heteroatoms. The molecule has 0 radical (unpaired) electrons. The first-order valence-corrected chi connectivity index (χ1v) is 10.2. The van der Waals surface area contributed by atoms with Crippen molar-refractivity contribution in [2.24, 2.45) is 11.8 Å². The molecular weight excluding hydrogens is 316 g/mol. The van der Waals surface area contributed by atoms with Gasteiger partial charge in [0.2, 0.25) is 5.91 Å². The molecule has 1 atom stereocenters. The number of likely N-dealkylation sites (N-methyl/N-ethyl adjacent to an activating group) is 1. The molecule has 0 aromatic heterocycles. The monoisotopic (exact) mass is 352 g/mol. The second-order valence-electron chi connectivity index (χ2n) is 8.09. The first-order chi connectivity index (χ1) is 12.0. The van der Waals surface area contributed by atoms with Gasteiger partial charge in [-0.2, -0.15) is 0 Å². The van der Waals surface area contributed by atoms with Crippen LogP contribution in [0, 0.1) is 11.8 Å². The largest absolute Gasteiger partial charge is 0.480 e. The highest BCUT2D eigenvalue weighted by Crippen LogP contribution is 2.32. The lowest BCUT2D eigenvalue weighted by molar-refractivity contribution is -0.141. The third kappa shape index (κ3) is 6.28. The molecule has 1 aliphatic heterocycles. The standard InChI is InChI=1S/C20H36N2O3/c1-3-7-17(14-16-8-5-4-6-9-16)20(25)22-12-10-18(11-13-22)21(2)15-19(23)24/h16-18H,3-15H2,1-2H3,(H,23,24). The lowest BCUT2D eigenvalue weighted by Crippen LogP contribution is -2.48. The van der Waals surface area contributed by atoms with Crippen LogP contribution in [0.5, 0.6) is 0 Å². The molecule has 1 unspecified atom stereocenters. The zero-order valence-electron chi connectivity index (χ0n) is 16.1. The van der Waals surface area contributed by atoms with Crippen LogP contribution in [0.3, 0.4) is 0 Å². The summed E-state index contributed by atoms with van der Waals surface area (Å²) < 4.78 is 0. The summed E-state index contributed by atoms with van der Waals surface area (Å²) in [6.07, 6.45) is 11.6. The Morgan fingerprint density at radius 3 is 2.32 bits per heavy atom. The van der Waals surface area contributed by atoms with Crippen LogP contribution in [0.1, 0.15) is 71.1 Å². The van der Waals surface area contributed by atoms with E-state index in [4.69, 9.17) is 5.11 Å². The molecule has 144 valence electrons. The van der Waals surface area contributed by atoms with E-state index in [2.05, 4.69) is 6.92 Å². The first-order valence-electron chi connectivity index (χ1n) is 10.2. The number of hydrogen-bond donors (Lipinski definition) is 1. The summed E-state index contributed by atoms with van der Waals surface area (Å²) in [5, 5.41) is 8.94. The van der Waals surface area contributed by atoms with Crippen LogP contribution in [0.15, 0.2) is 0 Å².